The third-order valence-electron chi connectivity index (χ3n) is 7.23. The molecule has 2 aromatic carbocycles. The number of piperidine rings is 1. The summed E-state index contributed by atoms with van der Waals surface area (Å²) in [5.74, 6) is -2.45. The fraction of sp³-hybridized carbons (Fsp3) is 0.517. The molecule has 0 aromatic heterocycles. The highest BCUT2D eigenvalue weighted by atomic mass is 19.4. The van der Waals surface area contributed by atoms with E-state index in [4.69, 9.17) is 4.74 Å². The summed E-state index contributed by atoms with van der Waals surface area (Å²) in [6.45, 7) is 8.29. The predicted molar refractivity (Wildman–Crippen MR) is 137 cm³/mol. The molecule has 1 aliphatic rings. The molecule has 3 rings (SSSR count). The van der Waals surface area contributed by atoms with Gasteiger partial charge in [0.15, 0.2) is 0 Å². The van der Waals surface area contributed by atoms with Crippen LogP contribution in [0, 0.1) is 18.7 Å². The van der Waals surface area contributed by atoms with Gasteiger partial charge in [0, 0.05) is 32.0 Å². The van der Waals surface area contributed by atoms with Crippen LogP contribution in [0.15, 0.2) is 36.4 Å². The van der Waals surface area contributed by atoms with E-state index in [-0.39, 0.29) is 31.1 Å². The van der Waals surface area contributed by atoms with Gasteiger partial charge in [-0.25, -0.2) is 9.18 Å². The van der Waals surface area contributed by atoms with Crippen LogP contribution in [0.5, 0.6) is 0 Å². The molecule has 1 unspecified atom stereocenters. The first-order valence-electron chi connectivity index (χ1n) is 13.0. The zero-order valence-electron chi connectivity index (χ0n) is 23.6. The van der Waals surface area contributed by atoms with Crippen molar-refractivity contribution in [3.05, 3.63) is 70.0 Å². The molecule has 0 N–H and O–H groups in total. The van der Waals surface area contributed by atoms with Crippen molar-refractivity contribution in [2.24, 2.45) is 5.92 Å². The lowest BCUT2D eigenvalue weighted by Crippen LogP contribution is -2.49. The van der Waals surface area contributed by atoms with Gasteiger partial charge in [0.2, 0.25) is 5.91 Å². The summed E-state index contributed by atoms with van der Waals surface area (Å²) < 4.78 is 100. The van der Waals surface area contributed by atoms with Crippen molar-refractivity contribution in [3.8, 4) is 0 Å². The minimum atomic E-state index is -5.03. The molecular weight excluding hydrogens is 557 g/mol. The van der Waals surface area contributed by atoms with Gasteiger partial charge in [-0.3, -0.25) is 4.79 Å². The monoisotopic (exact) mass is 590 g/mol. The van der Waals surface area contributed by atoms with E-state index in [0.29, 0.717) is 23.3 Å². The van der Waals surface area contributed by atoms with Crippen LogP contribution in [0.1, 0.15) is 73.9 Å². The molecule has 0 spiro atoms. The lowest BCUT2D eigenvalue weighted by atomic mass is 9.78. The molecular formula is C29H33F7N2O3. The number of carbonyl (C=O) groups excluding carboxylic acids is 2. The number of alkyl halides is 6. The third-order valence-corrected chi connectivity index (χ3v) is 7.23. The van der Waals surface area contributed by atoms with Gasteiger partial charge in [-0.05, 0) is 88.1 Å². The number of halogens is 7. The molecule has 1 saturated heterocycles. The average molecular weight is 591 g/mol. The lowest BCUT2D eigenvalue weighted by molar-refractivity contribution is -0.143. The highest BCUT2D eigenvalue weighted by Crippen LogP contribution is 2.40. The van der Waals surface area contributed by atoms with E-state index in [2.05, 4.69) is 0 Å². The van der Waals surface area contributed by atoms with Gasteiger partial charge in [0.1, 0.15) is 11.4 Å². The molecule has 12 heteroatoms. The molecule has 0 bridgehead atoms. The Morgan fingerprint density at radius 2 is 1.54 bits per heavy atom. The Bertz CT molecular complexity index is 1250. The first kappa shape index (κ1) is 32.2. The molecule has 226 valence electrons. The molecule has 5 nitrogen and oxygen atoms in total. The molecule has 0 radical (unpaired) electrons. The van der Waals surface area contributed by atoms with E-state index in [9.17, 15) is 40.3 Å². The van der Waals surface area contributed by atoms with E-state index in [1.54, 1.807) is 27.7 Å². The summed E-state index contributed by atoms with van der Waals surface area (Å²) in [5.41, 5.74) is -2.93. The predicted octanol–water partition coefficient (Wildman–Crippen LogP) is 7.73. The van der Waals surface area contributed by atoms with Crippen LogP contribution in [-0.2, 0) is 21.9 Å². The quantitative estimate of drug-likeness (QED) is 0.343. The van der Waals surface area contributed by atoms with Gasteiger partial charge < -0.3 is 14.5 Å². The highest BCUT2D eigenvalue weighted by Gasteiger charge is 2.42. The Hall–Kier alpha value is -3.31. The van der Waals surface area contributed by atoms with Crippen LogP contribution in [0.4, 0.5) is 35.5 Å². The summed E-state index contributed by atoms with van der Waals surface area (Å²) in [4.78, 5) is 29.2. The first-order chi connectivity index (χ1) is 18.7. The Labute approximate surface area is 234 Å². The number of hydrogen-bond donors (Lipinski definition) is 0. The summed E-state index contributed by atoms with van der Waals surface area (Å²) >= 11 is 0. The minimum absolute atomic E-state index is 0.0395. The lowest BCUT2D eigenvalue weighted by Gasteiger charge is -2.41. The first-order valence-corrected chi connectivity index (χ1v) is 13.0. The van der Waals surface area contributed by atoms with Gasteiger partial charge in [0.25, 0.3) is 0 Å². The number of aryl methyl sites for hydroxylation is 1. The molecule has 41 heavy (non-hydrogen) atoms. The van der Waals surface area contributed by atoms with Crippen LogP contribution in [-0.4, -0.2) is 47.5 Å². The van der Waals surface area contributed by atoms with Crippen LogP contribution >= 0.6 is 0 Å². The Kier molecular flexibility index (Phi) is 9.05. The van der Waals surface area contributed by atoms with E-state index >= 15 is 0 Å². The topological polar surface area (TPSA) is 49.9 Å². The standard InChI is InChI=1S/C29H33F7N2O3/c1-16-11-21(30)7-8-22(16)24-15-38(26(40)41-27(3,4)5)10-9-23(24)25(39)37(6)17(2)18-12-19(28(31,32)33)14-20(13-18)29(34,35)36/h7-8,11-14,17,23-24H,9-10,15H2,1-6H3/t17?,23-,24+/m0/s1. The van der Waals surface area contributed by atoms with Gasteiger partial charge in [-0.15, -0.1) is 0 Å². The van der Waals surface area contributed by atoms with Gasteiger partial charge >= 0.3 is 18.4 Å². The number of likely N-dealkylation sites (tertiary alicyclic amines) is 1. The maximum absolute atomic E-state index is 13.9. The van der Waals surface area contributed by atoms with Crippen molar-refractivity contribution in [3.63, 3.8) is 0 Å². The van der Waals surface area contributed by atoms with Crippen molar-refractivity contribution in [2.75, 3.05) is 20.1 Å². The van der Waals surface area contributed by atoms with Crippen molar-refractivity contribution >= 4 is 12.0 Å². The van der Waals surface area contributed by atoms with Crippen molar-refractivity contribution in [1.29, 1.82) is 0 Å². The molecule has 3 atom stereocenters. The molecule has 1 fully saturated rings. The molecule has 1 heterocycles. The summed E-state index contributed by atoms with van der Waals surface area (Å²) in [5, 5.41) is 0. The molecule has 0 saturated carbocycles. The van der Waals surface area contributed by atoms with E-state index in [0.717, 1.165) is 4.90 Å². The molecule has 1 aliphatic heterocycles. The Balaban J connectivity index is 1.97. The van der Waals surface area contributed by atoms with E-state index < -0.39 is 64.8 Å². The number of hydrogen-bond acceptors (Lipinski definition) is 3. The smallest absolute Gasteiger partial charge is 0.416 e. The van der Waals surface area contributed by atoms with Crippen LogP contribution in [0.3, 0.4) is 0 Å². The van der Waals surface area contributed by atoms with Crippen molar-refractivity contribution in [1.82, 2.24) is 9.80 Å². The fourth-order valence-corrected chi connectivity index (χ4v) is 5.01. The van der Waals surface area contributed by atoms with E-state index in [1.807, 2.05) is 0 Å². The van der Waals surface area contributed by atoms with E-state index in [1.165, 1.54) is 37.1 Å². The zero-order chi connectivity index (χ0) is 31.1. The largest absolute Gasteiger partial charge is 0.444 e. The fourth-order valence-electron chi connectivity index (χ4n) is 5.01. The second kappa shape index (κ2) is 11.5. The SMILES string of the molecule is Cc1cc(F)ccc1[C@H]1CN(C(=O)OC(C)(C)C)CC[C@@H]1C(=O)N(C)C(C)c1cc(C(F)(F)F)cc(C(F)(F)F)c1. The van der Waals surface area contributed by atoms with Gasteiger partial charge in [-0.2, -0.15) is 26.3 Å². The number of ether oxygens (including phenoxy) is 1. The third kappa shape index (κ3) is 7.71. The van der Waals surface area contributed by atoms with Crippen LogP contribution in [0.2, 0.25) is 0 Å². The molecule has 2 aromatic rings. The molecule has 2 amide bonds. The van der Waals surface area contributed by atoms with Crippen LogP contribution < -0.4 is 0 Å². The second-order valence-electron chi connectivity index (χ2n) is 11.4. The number of carbonyl (C=O) groups is 2. The maximum atomic E-state index is 13.9. The Morgan fingerprint density at radius 1 is 0.976 bits per heavy atom. The highest BCUT2D eigenvalue weighted by molar-refractivity contribution is 5.81. The number of rotatable bonds is 4. The zero-order valence-corrected chi connectivity index (χ0v) is 23.6. The minimum Gasteiger partial charge on any atom is -0.444 e. The van der Waals surface area contributed by atoms with Crippen molar-refractivity contribution in [2.45, 2.75) is 71.0 Å². The van der Waals surface area contributed by atoms with Crippen LogP contribution in [0.25, 0.3) is 0 Å². The summed E-state index contributed by atoms with van der Waals surface area (Å²) in [6, 6.07) is 4.13. The number of benzene rings is 2. The number of amides is 2. The van der Waals surface area contributed by atoms with Crippen molar-refractivity contribution < 1.29 is 45.1 Å². The maximum Gasteiger partial charge on any atom is 0.416 e. The van der Waals surface area contributed by atoms with Gasteiger partial charge in [-0.1, -0.05) is 6.07 Å². The Morgan fingerprint density at radius 3 is 2.02 bits per heavy atom. The number of nitrogens with zero attached hydrogens (tertiary/aromatic N) is 2. The summed E-state index contributed by atoms with van der Waals surface area (Å²) in [7, 11) is 1.31. The summed E-state index contributed by atoms with van der Waals surface area (Å²) in [6.07, 6.45) is -10.5. The van der Waals surface area contributed by atoms with Gasteiger partial charge in [0.05, 0.1) is 17.2 Å². The average Bonchev–Trinajstić information content (AvgIpc) is 2.84. The second-order valence-corrected chi connectivity index (χ2v) is 11.4. The normalized spacial score (nSPS) is 19.1. The molecule has 0 aliphatic carbocycles.